The van der Waals surface area contributed by atoms with Crippen LogP contribution in [0.15, 0.2) is 22.6 Å². The summed E-state index contributed by atoms with van der Waals surface area (Å²) in [5.41, 5.74) is 5.14. The molecule has 1 heterocycles. The minimum absolute atomic E-state index is 0.0724. The number of hydrogen-bond acceptors (Lipinski definition) is 2. The SMILES string of the molecule is Cc1ccc(CNC(=O)c2c(C)oc(C)c2C)c(C)c1. The van der Waals surface area contributed by atoms with Crippen LogP contribution >= 0.6 is 0 Å². The van der Waals surface area contributed by atoms with E-state index in [1.54, 1.807) is 0 Å². The second-order valence-electron chi connectivity index (χ2n) is 5.33. The topological polar surface area (TPSA) is 42.2 Å². The van der Waals surface area contributed by atoms with Crippen LogP contribution < -0.4 is 5.32 Å². The Labute approximate surface area is 120 Å². The number of carbonyl (C=O) groups is 1. The number of aryl methyl sites for hydroxylation is 4. The average Bonchev–Trinajstić information content (AvgIpc) is 2.62. The summed E-state index contributed by atoms with van der Waals surface area (Å²) in [6.45, 7) is 10.3. The van der Waals surface area contributed by atoms with E-state index in [4.69, 9.17) is 4.42 Å². The summed E-state index contributed by atoms with van der Waals surface area (Å²) in [5.74, 6) is 1.41. The predicted molar refractivity (Wildman–Crippen MR) is 80.0 cm³/mol. The Morgan fingerprint density at radius 3 is 2.35 bits per heavy atom. The predicted octanol–water partition coefficient (Wildman–Crippen LogP) is 3.75. The number of carbonyl (C=O) groups excluding carboxylic acids is 1. The third kappa shape index (κ3) is 2.77. The molecule has 1 N–H and O–H groups in total. The maximum absolute atomic E-state index is 12.3. The van der Waals surface area contributed by atoms with Crippen LogP contribution in [0.4, 0.5) is 0 Å². The Kier molecular flexibility index (Phi) is 3.98. The highest BCUT2D eigenvalue weighted by molar-refractivity contribution is 5.96. The summed E-state index contributed by atoms with van der Waals surface area (Å²) >= 11 is 0. The van der Waals surface area contributed by atoms with Crippen molar-refractivity contribution in [1.29, 1.82) is 0 Å². The van der Waals surface area contributed by atoms with Gasteiger partial charge in [0, 0.05) is 12.1 Å². The minimum atomic E-state index is -0.0724. The van der Waals surface area contributed by atoms with E-state index in [9.17, 15) is 4.79 Å². The molecule has 0 aliphatic heterocycles. The Morgan fingerprint density at radius 2 is 1.80 bits per heavy atom. The first-order valence-corrected chi connectivity index (χ1v) is 6.81. The average molecular weight is 271 g/mol. The normalized spacial score (nSPS) is 10.7. The summed E-state index contributed by atoms with van der Waals surface area (Å²) in [7, 11) is 0. The van der Waals surface area contributed by atoms with Crippen LogP contribution in [0.5, 0.6) is 0 Å². The molecule has 106 valence electrons. The van der Waals surface area contributed by atoms with E-state index in [-0.39, 0.29) is 5.91 Å². The van der Waals surface area contributed by atoms with E-state index in [1.807, 2.05) is 20.8 Å². The molecule has 0 unspecified atom stereocenters. The first-order valence-electron chi connectivity index (χ1n) is 6.81. The Morgan fingerprint density at radius 1 is 1.10 bits per heavy atom. The minimum Gasteiger partial charge on any atom is -0.466 e. The lowest BCUT2D eigenvalue weighted by Crippen LogP contribution is -2.24. The number of benzene rings is 1. The zero-order valence-electron chi connectivity index (χ0n) is 12.8. The Bertz CT molecular complexity index is 653. The first-order chi connectivity index (χ1) is 9.40. The standard InChI is InChI=1S/C17H21NO2/c1-10-6-7-15(11(2)8-10)9-18-17(19)16-12(3)13(4)20-14(16)5/h6-8H,9H2,1-5H3,(H,18,19). The van der Waals surface area contributed by atoms with Crippen LogP contribution in [0.3, 0.4) is 0 Å². The van der Waals surface area contributed by atoms with E-state index >= 15 is 0 Å². The van der Waals surface area contributed by atoms with Crippen molar-refractivity contribution in [3.05, 3.63) is 57.5 Å². The molecule has 0 radical (unpaired) electrons. The van der Waals surface area contributed by atoms with Gasteiger partial charge >= 0.3 is 0 Å². The van der Waals surface area contributed by atoms with Gasteiger partial charge in [-0.1, -0.05) is 23.8 Å². The van der Waals surface area contributed by atoms with E-state index in [0.717, 1.165) is 16.9 Å². The summed E-state index contributed by atoms with van der Waals surface area (Å²) in [5, 5.41) is 2.97. The molecular weight excluding hydrogens is 250 g/mol. The molecule has 0 aliphatic carbocycles. The molecule has 3 nitrogen and oxygen atoms in total. The Hall–Kier alpha value is -2.03. The molecule has 20 heavy (non-hydrogen) atoms. The monoisotopic (exact) mass is 271 g/mol. The molecule has 0 atom stereocenters. The second-order valence-corrected chi connectivity index (χ2v) is 5.33. The van der Waals surface area contributed by atoms with Crippen LogP contribution in [-0.2, 0) is 6.54 Å². The number of nitrogens with one attached hydrogen (secondary N) is 1. The van der Waals surface area contributed by atoms with Gasteiger partial charge in [0.25, 0.3) is 5.91 Å². The lowest BCUT2D eigenvalue weighted by Gasteiger charge is -2.09. The highest BCUT2D eigenvalue weighted by Crippen LogP contribution is 2.20. The molecule has 1 aromatic heterocycles. The fraction of sp³-hybridized carbons (Fsp3) is 0.353. The summed E-state index contributed by atoms with van der Waals surface area (Å²) < 4.78 is 5.50. The van der Waals surface area contributed by atoms with Crippen molar-refractivity contribution in [3.8, 4) is 0 Å². The molecule has 2 rings (SSSR count). The molecule has 1 aromatic carbocycles. The van der Waals surface area contributed by atoms with Crippen molar-refractivity contribution in [2.75, 3.05) is 0 Å². The number of furan rings is 1. The van der Waals surface area contributed by atoms with Gasteiger partial charge in [-0.25, -0.2) is 0 Å². The van der Waals surface area contributed by atoms with Gasteiger partial charge in [0.2, 0.25) is 0 Å². The summed E-state index contributed by atoms with van der Waals surface area (Å²) in [6, 6.07) is 6.25. The highest BCUT2D eigenvalue weighted by atomic mass is 16.3. The Balaban J connectivity index is 2.13. The van der Waals surface area contributed by atoms with Crippen LogP contribution in [0.25, 0.3) is 0 Å². The number of rotatable bonds is 3. The third-order valence-electron chi connectivity index (χ3n) is 3.73. The fourth-order valence-electron chi connectivity index (χ4n) is 2.44. The molecule has 0 spiro atoms. The van der Waals surface area contributed by atoms with Crippen molar-refractivity contribution < 1.29 is 9.21 Å². The van der Waals surface area contributed by atoms with E-state index in [2.05, 4.69) is 37.4 Å². The highest BCUT2D eigenvalue weighted by Gasteiger charge is 2.18. The van der Waals surface area contributed by atoms with Crippen molar-refractivity contribution in [2.45, 2.75) is 41.2 Å². The molecule has 1 amide bonds. The lowest BCUT2D eigenvalue weighted by molar-refractivity contribution is 0.0949. The zero-order valence-corrected chi connectivity index (χ0v) is 12.8. The molecule has 0 saturated heterocycles. The van der Waals surface area contributed by atoms with Gasteiger partial charge in [-0.05, 0) is 45.7 Å². The summed E-state index contributed by atoms with van der Waals surface area (Å²) in [4.78, 5) is 12.3. The van der Waals surface area contributed by atoms with Gasteiger partial charge in [0.05, 0.1) is 5.56 Å². The van der Waals surface area contributed by atoms with E-state index in [1.165, 1.54) is 11.1 Å². The molecule has 3 heteroatoms. The van der Waals surface area contributed by atoms with Crippen LogP contribution in [-0.4, -0.2) is 5.91 Å². The molecule has 0 fully saturated rings. The maximum atomic E-state index is 12.3. The number of amides is 1. The lowest BCUT2D eigenvalue weighted by atomic mass is 10.1. The summed E-state index contributed by atoms with van der Waals surface area (Å²) in [6.07, 6.45) is 0. The van der Waals surface area contributed by atoms with Crippen LogP contribution in [0, 0.1) is 34.6 Å². The number of hydrogen-bond donors (Lipinski definition) is 1. The van der Waals surface area contributed by atoms with Crippen molar-refractivity contribution >= 4 is 5.91 Å². The largest absolute Gasteiger partial charge is 0.466 e. The smallest absolute Gasteiger partial charge is 0.255 e. The van der Waals surface area contributed by atoms with Gasteiger partial charge in [-0.15, -0.1) is 0 Å². The van der Waals surface area contributed by atoms with E-state index < -0.39 is 0 Å². The van der Waals surface area contributed by atoms with Crippen LogP contribution in [0.2, 0.25) is 0 Å². The third-order valence-corrected chi connectivity index (χ3v) is 3.73. The molecule has 0 saturated carbocycles. The zero-order chi connectivity index (χ0) is 14.9. The van der Waals surface area contributed by atoms with Gasteiger partial charge in [0.15, 0.2) is 0 Å². The van der Waals surface area contributed by atoms with Crippen molar-refractivity contribution in [2.24, 2.45) is 0 Å². The molecule has 2 aromatic rings. The van der Waals surface area contributed by atoms with Crippen molar-refractivity contribution in [3.63, 3.8) is 0 Å². The van der Waals surface area contributed by atoms with Crippen molar-refractivity contribution in [1.82, 2.24) is 5.32 Å². The van der Waals surface area contributed by atoms with Gasteiger partial charge in [-0.2, -0.15) is 0 Å². The fourth-order valence-corrected chi connectivity index (χ4v) is 2.44. The second kappa shape index (κ2) is 5.53. The van der Waals surface area contributed by atoms with E-state index in [0.29, 0.717) is 17.9 Å². The van der Waals surface area contributed by atoms with Gasteiger partial charge < -0.3 is 9.73 Å². The van der Waals surface area contributed by atoms with Gasteiger partial charge in [-0.3, -0.25) is 4.79 Å². The first kappa shape index (κ1) is 14.4. The molecular formula is C17H21NO2. The van der Waals surface area contributed by atoms with Gasteiger partial charge in [0.1, 0.15) is 11.5 Å². The molecule has 0 bridgehead atoms. The van der Waals surface area contributed by atoms with Crippen LogP contribution in [0.1, 0.15) is 44.1 Å². The quantitative estimate of drug-likeness (QED) is 0.923. The molecule has 0 aliphatic rings. The maximum Gasteiger partial charge on any atom is 0.255 e.